The summed E-state index contributed by atoms with van der Waals surface area (Å²) < 4.78 is 0. The van der Waals surface area contributed by atoms with E-state index in [0.717, 1.165) is 42.9 Å². The molecule has 1 aromatic heterocycles. The van der Waals surface area contributed by atoms with Crippen LogP contribution >= 0.6 is 0 Å². The fourth-order valence-corrected chi connectivity index (χ4v) is 3.32. The molecule has 0 spiro atoms. The molecule has 1 aliphatic heterocycles. The quantitative estimate of drug-likeness (QED) is 0.738. The molecule has 2 aromatic carbocycles. The summed E-state index contributed by atoms with van der Waals surface area (Å²) in [5, 5.41) is 9.26. The van der Waals surface area contributed by atoms with Crippen molar-refractivity contribution in [2.45, 2.75) is 19.5 Å². The lowest BCUT2D eigenvalue weighted by atomic mass is 9.99. The number of nitriles is 1. The minimum absolute atomic E-state index is 0.711. The third-order valence-corrected chi connectivity index (χ3v) is 4.67. The van der Waals surface area contributed by atoms with Crippen molar-refractivity contribution in [3.05, 3.63) is 83.4 Å². The molecule has 25 heavy (non-hydrogen) atoms. The molecule has 2 heterocycles. The van der Waals surface area contributed by atoms with Gasteiger partial charge in [-0.1, -0.05) is 42.5 Å². The molecule has 0 atom stereocenters. The maximum atomic E-state index is 9.26. The molecule has 122 valence electrons. The van der Waals surface area contributed by atoms with Crippen LogP contribution in [0.25, 0.3) is 11.1 Å². The van der Waals surface area contributed by atoms with E-state index in [9.17, 15) is 5.26 Å². The predicted molar refractivity (Wildman–Crippen MR) is 96.4 cm³/mol. The van der Waals surface area contributed by atoms with E-state index in [0.29, 0.717) is 5.56 Å². The van der Waals surface area contributed by atoms with Gasteiger partial charge in [0.05, 0.1) is 17.3 Å². The van der Waals surface area contributed by atoms with Crippen LogP contribution in [-0.4, -0.2) is 21.4 Å². The first-order valence-corrected chi connectivity index (χ1v) is 8.42. The first kappa shape index (κ1) is 15.5. The molecule has 0 saturated carbocycles. The largest absolute Gasteiger partial charge is 0.293 e. The Labute approximate surface area is 147 Å². The Hall–Kier alpha value is -3.03. The summed E-state index contributed by atoms with van der Waals surface area (Å²) in [5.74, 6) is 0. The second-order valence-electron chi connectivity index (χ2n) is 6.31. The summed E-state index contributed by atoms with van der Waals surface area (Å²) in [6.45, 7) is 2.81. The first-order chi connectivity index (χ1) is 12.3. The normalized spacial score (nSPS) is 13.9. The third kappa shape index (κ3) is 3.28. The molecule has 4 nitrogen and oxygen atoms in total. The highest BCUT2D eigenvalue weighted by atomic mass is 15.1. The van der Waals surface area contributed by atoms with Gasteiger partial charge in [-0.25, -0.2) is 9.97 Å². The monoisotopic (exact) mass is 326 g/mol. The van der Waals surface area contributed by atoms with Gasteiger partial charge in [-0.2, -0.15) is 5.26 Å². The number of hydrogen-bond acceptors (Lipinski definition) is 4. The smallest absolute Gasteiger partial charge is 0.115 e. The van der Waals surface area contributed by atoms with E-state index in [2.05, 4.69) is 45.2 Å². The van der Waals surface area contributed by atoms with Crippen molar-refractivity contribution in [1.82, 2.24) is 14.9 Å². The Kier molecular flexibility index (Phi) is 4.24. The molecule has 1 aliphatic rings. The van der Waals surface area contributed by atoms with Crippen molar-refractivity contribution >= 4 is 0 Å². The van der Waals surface area contributed by atoms with Crippen LogP contribution < -0.4 is 0 Å². The second-order valence-corrected chi connectivity index (χ2v) is 6.31. The van der Waals surface area contributed by atoms with Crippen molar-refractivity contribution in [2.75, 3.05) is 6.54 Å². The van der Waals surface area contributed by atoms with Crippen molar-refractivity contribution in [3.63, 3.8) is 0 Å². The van der Waals surface area contributed by atoms with Crippen molar-refractivity contribution < 1.29 is 0 Å². The molecule has 0 N–H and O–H groups in total. The molecule has 0 saturated heterocycles. The summed E-state index contributed by atoms with van der Waals surface area (Å²) >= 11 is 0. The van der Waals surface area contributed by atoms with Crippen molar-refractivity contribution in [1.29, 1.82) is 5.26 Å². The van der Waals surface area contributed by atoms with Crippen LogP contribution in [0.5, 0.6) is 0 Å². The van der Waals surface area contributed by atoms with Gasteiger partial charge in [0.25, 0.3) is 0 Å². The Bertz CT molecular complexity index is 925. The van der Waals surface area contributed by atoms with Gasteiger partial charge in [0, 0.05) is 25.8 Å². The molecule has 0 aliphatic carbocycles. The number of fused-ring (bicyclic) bond motifs is 1. The van der Waals surface area contributed by atoms with Crippen LogP contribution in [0.1, 0.15) is 22.4 Å². The van der Waals surface area contributed by atoms with Crippen LogP contribution in [0.4, 0.5) is 0 Å². The number of hydrogen-bond donors (Lipinski definition) is 0. The average Bonchev–Trinajstić information content (AvgIpc) is 2.68. The SMILES string of the molecule is N#Cc1ccccc1-c1ccc(CN2CCc3cncnc3C2)cc1. The molecule has 0 bridgehead atoms. The Morgan fingerprint density at radius 2 is 1.92 bits per heavy atom. The van der Waals surface area contributed by atoms with Gasteiger partial charge in [0.2, 0.25) is 0 Å². The third-order valence-electron chi connectivity index (χ3n) is 4.67. The van der Waals surface area contributed by atoms with Crippen molar-refractivity contribution in [3.8, 4) is 17.2 Å². The number of nitrogens with zero attached hydrogens (tertiary/aromatic N) is 4. The number of benzene rings is 2. The van der Waals surface area contributed by atoms with Gasteiger partial charge in [0.1, 0.15) is 6.33 Å². The van der Waals surface area contributed by atoms with E-state index in [1.807, 2.05) is 30.5 Å². The zero-order chi connectivity index (χ0) is 17.1. The van der Waals surface area contributed by atoms with Gasteiger partial charge in [-0.3, -0.25) is 4.90 Å². The lowest BCUT2D eigenvalue weighted by Crippen LogP contribution is -2.30. The van der Waals surface area contributed by atoms with Gasteiger partial charge in [-0.05, 0) is 34.7 Å². The minimum Gasteiger partial charge on any atom is -0.293 e. The zero-order valence-electron chi connectivity index (χ0n) is 13.9. The Morgan fingerprint density at radius 3 is 2.76 bits per heavy atom. The van der Waals surface area contributed by atoms with E-state index >= 15 is 0 Å². The highest BCUT2D eigenvalue weighted by Crippen LogP contribution is 2.24. The van der Waals surface area contributed by atoms with Crippen molar-refractivity contribution in [2.24, 2.45) is 0 Å². The summed E-state index contributed by atoms with van der Waals surface area (Å²) in [6.07, 6.45) is 4.56. The maximum absolute atomic E-state index is 9.26. The topological polar surface area (TPSA) is 52.8 Å². The molecule has 4 heteroatoms. The molecule has 0 amide bonds. The number of aromatic nitrogens is 2. The van der Waals surface area contributed by atoms with E-state index in [1.165, 1.54) is 11.1 Å². The maximum Gasteiger partial charge on any atom is 0.115 e. The molecule has 0 unspecified atom stereocenters. The van der Waals surface area contributed by atoms with Gasteiger partial charge in [-0.15, -0.1) is 0 Å². The second kappa shape index (κ2) is 6.84. The van der Waals surface area contributed by atoms with Crippen LogP contribution in [0.3, 0.4) is 0 Å². The van der Waals surface area contributed by atoms with Crippen LogP contribution in [-0.2, 0) is 19.5 Å². The highest BCUT2D eigenvalue weighted by molar-refractivity contribution is 5.70. The van der Waals surface area contributed by atoms with Gasteiger partial charge in [0.15, 0.2) is 0 Å². The Morgan fingerprint density at radius 1 is 1.08 bits per heavy atom. The highest BCUT2D eigenvalue weighted by Gasteiger charge is 2.17. The first-order valence-electron chi connectivity index (χ1n) is 8.42. The molecule has 0 radical (unpaired) electrons. The number of rotatable bonds is 3. The van der Waals surface area contributed by atoms with Gasteiger partial charge < -0.3 is 0 Å². The standard InChI is InChI=1S/C21H18N4/c22-11-18-3-1-2-4-20(18)17-7-5-16(6-8-17)13-25-10-9-19-12-23-15-24-21(19)14-25/h1-8,12,15H,9-10,13-14H2. The Balaban J connectivity index is 1.49. The lowest BCUT2D eigenvalue weighted by molar-refractivity contribution is 0.241. The van der Waals surface area contributed by atoms with E-state index < -0.39 is 0 Å². The van der Waals surface area contributed by atoms with Crippen LogP contribution in [0, 0.1) is 11.3 Å². The lowest BCUT2D eigenvalue weighted by Gasteiger charge is -2.27. The van der Waals surface area contributed by atoms with E-state index in [1.54, 1.807) is 6.33 Å². The molecular weight excluding hydrogens is 308 g/mol. The fourth-order valence-electron chi connectivity index (χ4n) is 3.32. The molecule has 3 aromatic rings. The summed E-state index contributed by atoms with van der Waals surface area (Å²) in [4.78, 5) is 10.9. The van der Waals surface area contributed by atoms with Crippen LogP contribution in [0.2, 0.25) is 0 Å². The zero-order valence-corrected chi connectivity index (χ0v) is 13.9. The summed E-state index contributed by atoms with van der Waals surface area (Å²) in [6, 6.07) is 18.5. The molecule has 4 rings (SSSR count). The van der Waals surface area contributed by atoms with Gasteiger partial charge >= 0.3 is 0 Å². The fraction of sp³-hybridized carbons (Fsp3) is 0.190. The van der Waals surface area contributed by atoms with E-state index in [4.69, 9.17) is 0 Å². The average molecular weight is 326 g/mol. The summed E-state index contributed by atoms with van der Waals surface area (Å²) in [5.41, 5.74) is 6.46. The van der Waals surface area contributed by atoms with Crippen LogP contribution in [0.15, 0.2) is 61.1 Å². The van der Waals surface area contributed by atoms with E-state index in [-0.39, 0.29) is 0 Å². The summed E-state index contributed by atoms with van der Waals surface area (Å²) in [7, 11) is 0. The minimum atomic E-state index is 0.711. The predicted octanol–water partition coefficient (Wildman–Crippen LogP) is 3.57. The molecule has 0 fully saturated rings. The molecular formula is C21H18N4.